The summed E-state index contributed by atoms with van der Waals surface area (Å²) in [6, 6.07) is 0.607. The molecule has 1 aliphatic carbocycles. The Hall–Kier alpha value is -0.730. The Kier molecular flexibility index (Phi) is 3.72. The van der Waals surface area contributed by atoms with Crippen molar-refractivity contribution < 1.29 is 4.79 Å². The average Bonchev–Trinajstić information content (AvgIpc) is 2.61. The van der Waals surface area contributed by atoms with Crippen molar-refractivity contribution in [3.8, 4) is 0 Å². The fraction of sp³-hybridized carbons (Fsp3) is 0.923. The van der Waals surface area contributed by atoms with E-state index >= 15 is 0 Å². The molecule has 1 N–H and O–H groups in total. The molecule has 2 rings (SSSR count). The van der Waals surface area contributed by atoms with Crippen molar-refractivity contribution in [3.05, 3.63) is 0 Å². The van der Waals surface area contributed by atoms with Crippen LogP contribution in [0.5, 0.6) is 0 Å². The highest BCUT2D eigenvalue weighted by Crippen LogP contribution is 2.23. The van der Waals surface area contributed by atoms with E-state index < -0.39 is 0 Å². The third-order valence-corrected chi connectivity index (χ3v) is 4.21. The molecule has 2 unspecified atom stereocenters. The number of rotatable bonds is 1. The zero-order chi connectivity index (χ0) is 11.5. The van der Waals surface area contributed by atoms with Gasteiger partial charge in [0.05, 0.1) is 0 Å². The van der Waals surface area contributed by atoms with Gasteiger partial charge in [-0.05, 0) is 24.7 Å². The molecule has 3 heteroatoms. The van der Waals surface area contributed by atoms with Gasteiger partial charge in [0.2, 0.25) is 0 Å². The van der Waals surface area contributed by atoms with Crippen LogP contribution in [0.2, 0.25) is 0 Å². The predicted molar refractivity (Wildman–Crippen MR) is 65.3 cm³/mol. The second-order valence-corrected chi connectivity index (χ2v) is 5.64. The molecule has 1 aliphatic heterocycles. The first-order valence-electron chi connectivity index (χ1n) is 6.72. The maximum Gasteiger partial charge on any atom is 0.317 e. The summed E-state index contributed by atoms with van der Waals surface area (Å²) in [4.78, 5) is 14.0. The van der Waals surface area contributed by atoms with Gasteiger partial charge in [-0.25, -0.2) is 4.79 Å². The van der Waals surface area contributed by atoms with Gasteiger partial charge in [-0.2, -0.15) is 0 Å². The molecule has 3 nitrogen and oxygen atoms in total. The Labute approximate surface area is 98.6 Å². The van der Waals surface area contributed by atoms with Gasteiger partial charge in [0.15, 0.2) is 0 Å². The normalized spacial score (nSPS) is 31.8. The van der Waals surface area contributed by atoms with Gasteiger partial charge in [0.25, 0.3) is 0 Å². The first kappa shape index (κ1) is 11.7. The van der Waals surface area contributed by atoms with E-state index in [1.165, 1.54) is 32.1 Å². The van der Waals surface area contributed by atoms with E-state index in [2.05, 4.69) is 19.2 Å². The van der Waals surface area contributed by atoms with Crippen molar-refractivity contribution in [1.82, 2.24) is 10.2 Å². The van der Waals surface area contributed by atoms with Gasteiger partial charge in [-0.15, -0.1) is 0 Å². The monoisotopic (exact) mass is 224 g/mol. The molecule has 1 heterocycles. The van der Waals surface area contributed by atoms with Gasteiger partial charge >= 0.3 is 6.03 Å². The van der Waals surface area contributed by atoms with Crippen molar-refractivity contribution in [1.29, 1.82) is 0 Å². The summed E-state index contributed by atoms with van der Waals surface area (Å²) in [5.74, 6) is 1.30. The molecular weight excluding hydrogens is 200 g/mol. The molecule has 2 amide bonds. The summed E-state index contributed by atoms with van der Waals surface area (Å²) < 4.78 is 0. The van der Waals surface area contributed by atoms with Crippen LogP contribution < -0.4 is 5.32 Å². The number of hydrogen-bond acceptors (Lipinski definition) is 1. The number of carbonyl (C=O) groups excluding carboxylic acids is 1. The van der Waals surface area contributed by atoms with Crippen molar-refractivity contribution in [2.45, 2.75) is 52.0 Å². The topological polar surface area (TPSA) is 32.3 Å². The lowest BCUT2D eigenvalue weighted by Crippen LogP contribution is -2.44. The zero-order valence-electron chi connectivity index (χ0n) is 10.5. The van der Waals surface area contributed by atoms with Crippen LogP contribution >= 0.6 is 0 Å². The lowest BCUT2D eigenvalue weighted by Gasteiger charge is -2.26. The smallest absolute Gasteiger partial charge is 0.317 e. The van der Waals surface area contributed by atoms with Crippen LogP contribution in [-0.4, -0.2) is 30.1 Å². The Balaban J connectivity index is 1.79. The number of amides is 2. The fourth-order valence-corrected chi connectivity index (χ4v) is 2.81. The molecule has 0 bridgehead atoms. The van der Waals surface area contributed by atoms with E-state index in [0.717, 1.165) is 13.1 Å². The number of hydrogen-bond donors (Lipinski definition) is 1. The lowest BCUT2D eigenvalue weighted by atomic mass is 9.96. The maximum atomic E-state index is 12.0. The molecule has 1 saturated carbocycles. The maximum absolute atomic E-state index is 12.0. The van der Waals surface area contributed by atoms with Crippen molar-refractivity contribution in [2.75, 3.05) is 13.1 Å². The van der Waals surface area contributed by atoms with Gasteiger partial charge in [0, 0.05) is 19.1 Å². The van der Waals surface area contributed by atoms with Crippen LogP contribution in [0.1, 0.15) is 46.0 Å². The minimum Gasteiger partial charge on any atom is -0.335 e. The molecule has 0 radical (unpaired) electrons. The summed E-state index contributed by atoms with van der Waals surface area (Å²) in [6.45, 7) is 6.33. The number of carbonyl (C=O) groups is 1. The van der Waals surface area contributed by atoms with Crippen LogP contribution in [-0.2, 0) is 0 Å². The number of likely N-dealkylation sites (tertiary alicyclic amines) is 1. The molecule has 92 valence electrons. The second-order valence-electron chi connectivity index (χ2n) is 5.64. The Morgan fingerprint density at radius 2 is 1.62 bits per heavy atom. The Bertz CT molecular complexity index is 238. The van der Waals surface area contributed by atoms with E-state index in [1.54, 1.807) is 0 Å². The second kappa shape index (κ2) is 5.07. The van der Waals surface area contributed by atoms with E-state index in [-0.39, 0.29) is 6.03 Å². The highest BCUT2D eigenvalue weighted by molar-refractivity contribution is 5.74. The summed E-state index contributed by atoms with van der Waals surface area (Å²) in [5.41, 5.74) is 0. The largest absolute Gasteiger partial charge is 0.335 e. The molecule has 2 atom stereocenters. The SMILES string of the molecule is CC1CN(C(=O)NC2CCCCC2)CC1C. The minimum absolute atomic E-state index is 0.170. The molecule has 1 saturated heterocycles. The quantitative estimate of drug-likeness (QED) is 0.729. The van der Waals surface area contributed by atoms with Crippen LogP contribution in [0.3, 0.4) is 0 Å². The summed E-state index contributed by atoms with van der Waals surface area (Å²) >= 11 is 0. The van der Waals surface area contributed by atoms with Crippen LogP contribution in [0.4, 0.5) is 4.79 Å². The van der Waals surface area contributed by atoms with E-state index in [4.69, 9.17) is 0 Å². The van der Waals surface area contributed by atoms with Gasteiger partial charge in [-0.1, -0.05) is 33.1 Å². The molecule has 16 heavy (non-hydrogen) atoms. The van der Waals surface area contributed by atoms with E-state index in [0.29, 0.717) is 17.9 Å². The zero-order valence-corrected chi connectivity index (χ0v) is 10.5. The molecule has 2 fully saturated rings. The summed E-state index contributed by atoms with van der Waals surface area (Å²) in [6.07, 6.45) is 6.23. The average molecular weight is 224 g/mol. The van der Waals surface area contributed by atoms with Crippen LogP contribution in [0.25, 0.3) is 0 Å². The van der Waals surface area contributed by atoms with Crippen LogP contribution in [0, 0.1) is 11.8 Å². The Morgan fingerprint density at radius 1 is 1.06 bits per heavy atom. The molecule has 0 aromatic carbocycles. The highest BCUT2D eigenvalue weighted by atomic mass is 16.2. The highest BCUT2D eigenvalue weighted by Gasteiger charge is 2.30. The van der Waals surface area contributed by atoms with Gasteiger partial charge in [0.1, 0.15) is 0 Å². The van der Waals surface area contributed by atoms with Crippen molar-refractivity contribution >= 4 is 6.03 Å². The summed E-state index contributed by atoms with van der Waals surface area (Å²) in [5, 5.41) is 3.19. The number of nitrogens with zero attached hydrogens (tertiary/aromatic N) is 1. The van der Waals surface area contributed by atoms with Gasteiger partial charge in [-0.3, -0.25) is 0 Å². The first-order valence-corrected chi connectivity index (χ1v) is 6.72. The Morgan fingerprint density at radius 3 is 2.19 bits per heavy atom. The minimum atomic E-state index is 0.170. The van der Waals surface area contributed by atoms with E-state index in [9.17, 15) is 4.79 Å². The molecule has 2 aliphatic rings. The third kappa shape index (κ3) is 2.69. The molecule has 0 aromatic heterocycles. The predicted octanol–water partition coefficient (Wildman–Crippen LogP) is 2.62. The van der Waals surface area contributed by atoms with Crippen molar-refractivity contribution in [2.24, 2.45) is 11.8 Å². The molecular formula is C13H24N2O. The third-order valence-electron chi connectivity index (χ3n) is 4.21. The fourth-order valence-electron chi connectivity index (χ4n) is 2.81. The number of urea groups is 1. The van der Waals surface area contributed by atoms with Crippen molar-refractivity contribution in [3.63, 3.8) is 0 Å². The first-order chi connectivity index (χ1) is 7.66. The lowest BCUT2D eigenvalue weighted by molar-refractivity contribution is 0.198. The van der Waals surface area contributed by atoms with Crippen LogP contribution in [0.15, 0.2) is 0 Å². The summed E-state index contributed by atoms with van der Waals surface area (Å²) in [7, 11) is 0. The molecule has 0 aromatic rings. The molecule has 0 spiro atoms. The van der Waals surface area contributed by atoms with E-state index in [1.807, 2.05) is 4.90 Å². The van der Waals surface area contributed by atoms with Gasteiger partial charge < -0.3 is 10.2 Å². The number of nitrogens with one attached hydrogen (secondary N) is 1. The standard InChI is InChI=1S/C13H24N2O/c1-10-8-15(9-11(10)2)13(16)14-12-6-4-3-5-7-12/h10-12H,3-9H2,1-2H3,(H,14,16).